The standard InChI is InChI=1S/C9H14N6O/c10-15-8-5-11-4-7(14-8)13-6-1-2-9(16)12-3-6/h4-6H,1-3,10H2,(H,12,16)(H2,13,14,15). The highest BCUT2D eigenvalue weighted by atomic mass is 16.1. The molecule has 0 aliphatic carbocycles. The van der Waals surface area contributed by atoms with E-state index in [0.29, 0.717) is 24.6 Å². The summed E-state index contributed by atoms with van der Waals surface area (Å²) in [5, 5.41) is 5.98. The average molecular weight is 222 g/mol. The first kappa shape index (κ1) is 10.6. The molecule has 1 fully saturated rings. The maximum Gasteiger partial charge on any atom is 0.220 e. The van der Waals surface area contributed by atoms with Crippen molar-refractivity contribution in [2.75, 3.05) is 17.3 Å². The smallest absolute Gasteiger partial charge is 0.220 e. The lowest BCUT2D eigenvalue weighted by molar-refractivity contribution is -0.122. The summed E-state index contributed by atoms with van der Waals surface area (Å²) in [6.45, 7) is 0.612. The van der Waals surface area contributed by atoms with Gasteiger partial charge in [-0.2, -0.15) is 0 Å². The van der Waals surface area contributed by atoms with Gasteiger partial charge in [-0.25, -0.2) is 10.8 Å². The minimum Gasteiger partial charge on any atom is -0.364 e. The SMILES string of the molecule is NNc1cncc(NC2CCC(=O)NC2)n1. The van der Waals surface area contributed by atoms with E-state index in [4.69, 9.17) is 5.84 Å². The van der Waals surface area contributed by atoms with Gasteiger partial charge in [0.15, 0.2) is 5.82 Å². The molecule has 0 spiro atoms. The van der Waals surface area contributed by atoms with E-state index in [2.05, 4.69) is 26.0 Å². The van der Waals surface area contributed by atoms with Crippen LogP contribution in [0.2, 0.25) is 0 Å². The fourth-order valence-electron chi connectivity index (χ4n) is 1.57. The van der Waals surface area contributed by atoms with Crippen LogP contribution in [0.15, 0.2) is 12.4 Å². The van der Waals surface area contributed by atoms with E-state index in [1.165, 1.54) is 6.20 Å². The summed E-state index contributed by atoms with van der Waals surface area (Å²) < 4.78 is 0. The van der Waals surface area contributed by atoms with Crippen LogP contribution in [0, 0.1) is 0 Å². The number of carbonyl (C=O) groups excluding carboxylic acids is 1. The van der Waals surface area contributed by atoms with E-state index in [1.54, 1.807) is 6.20 Å². The van der Waals surface area contributed by atoms with E-state index in [-0.39, 0.29) is 11.9 Å². The second-order valence-corrected chi connectivity index (χ2v) is 3.62. The van der Waals surface area contributed by atoms with Crippen LogP contribution < -0.4 is 21.9 Å². The predicted molar refractivity (Wildman–Crippen MR) is 59.5 cm³/mol. The second-order valence-electron chi connectivity index (χ2n) is 3.62. The highest BCUT2D eigenvalue weighted by Crippen LogP contribution is 2.11. The number of aromatic nitrogens is 2. The van der Waals surface area contributed by atoms with Gasteiger partial charge in [-0.15, -0.1) is 0 Å². The van der Waals surface area contributed by atoms with Crippen LogP contribution >= 0.6 is 0 Å². The molecule has 86 valence electrons. The molecular weight excluding hydrogens is 208 g/mol. The molecule has 1 atom stereocenters. The largest absolute Gasteiger partial charge is 0.364 e. The van der Waals surface area contributed by atoms with Gasteiger partial charge in [-0.05, 0) is 6.42 Å². The zero-order valence-electron chi connectivity index (χ0n) is 8.73. The number of hydrogen-bond acceptors (Lipinski definition) is 6. The van der Waals surface area contributed by atoms with E-state index < -0.39 is 0 Å². The predicted octanol–water partition coefficient (Wildman–Crippen LogP) is -0.547. The van der Waals surface area contributed by atoms with Gasteiger partial charge >= 0.3 is 0 Å². The van der Waals surface area contributed by atoms with Crippen molar-refractivity contribution in [1.82, 2.24) is 15.3 Å². The summed E-state index contributed by atoms with van der Waals surface area (Å²) in [4.78, 5) is 19.1. The number of carbonyl (C=O) groups is 1. The summed E-state index contributed by atoms with van der Waals surface area (Å²) in [6.07, 6.45) is 4.50. The third-order valence-corrected chi connectivity index (χ3v) is 2.40. The topological polar surface area (TPSA) is 105 Å². The lowest BCUT2D eigenvalue weighted by Crippen LogP contribution is -2.42. The zero-order chi connectivity index (χ0) is 11.4. The van der Waals surface area contributed by atoms with E-state index in [1.807, 2.05) is 0 Å². The van der Waals surface area contributed by atoms with Gasteiger partial charge in [0.05, 0.1) is 12.4 Å². The van der Waals surface area contributed by atoms with Gasteiger partial charge in [-0.3, -0.25) is 9.78 Å². The van der Waals surface area contributed by atoms with Crippen molar-refractivity contribution < 1.29 is 4.79 Å². The molecule has 1 aromatic heterocycles. The third-order valence-electron chi connectivity index (χ3n) is 2.40. The van der Waals surface area contributed by atoms with Crippen LogP contribution in [0.3, 0.4) is 0 Å². The van der Waals surface area contributed by atoms with Crippen molar-refractivity contribution in [1.29, 1.82) is 0 Å². The molecule has 1 unspecified atom stereocenters. The van der Waals surface area contributed by atoms with Gasteiger partial charge in [0.2, 0.25) is 5.91 Å². The Hall–Kier alpha value is -1.89. The van der Waals surface area contributed by atoms with Crippen molar-refractivity contribution >= 4 is 17.5 Å². The highest BCUT2D eigenvalue weighted by Gasteiger charge is 2.17. The quantitative estimate of drug-likeness (QED) is 0.404. The molecule has 1 aliphatic heterocycles. The molecule has 0 bridgehead atoms. The number of piperidine rings is 1. The normalized spacial score (nSPS) is 20.1. The van der Waals surface area contributed by atoms with Crippen LogP contribution in [0.1, 0.15) is 12.8 Å². The average Bonchev–Trinajstić information content (AvgIpc) is 2.32. The Morgan fingerprint density at radius 3 is 2.94 bits per heavy atom. The number of nitrogen functional groups attached to an aromatic ring is 1. The molecule has 0 saturated carbocycles. The zero-order valence-corrected chi connectivity index (χ0v) is 8.73. The molecule has 5 N–H and O–H groups in total. The minimum atomic E-state index is 0.0986. The number of anilines is 2. The van der Waals surface area contributed by atoms with Crippen LogP contribution in [0.25, 0.3) is 0 Å². The van der Waals surface area contributed by atoms with Gasteiger partial charge in [0, 0.05) is 19.0 Å². The van der Waals surface area contributed by atoms with Gasteiger partial charge in [0.1, 0.15) is 5.82 Å². The Morgan fingerprint density at radius 2 is 2.25 bits per heavy atom. The van der Waals surface area contributed by atoms with Crippen molar-refractivity contribution in [2.24, 2.45) is 5.84 Å². The van der Waals surface area contributed by atoms with E-state index in [0.717, 1.165) is 6.42 Å². The summed E-state index contributed by atoms with van der Waals surface area (Å²) in [5.74, 6) is 6.49. The summed E-state index contributed by atoms with van der Waals surface area (Å²) in [7, 11) is 0. The van der Waals surface area contributed by atoms with Gasteiger partial charge in [-0.1, -0.05) is 0 Å². The Labute approximate surface area is 92.8 Å². The van der Waals surface area contributed by atoms with Crippen molar-refractivity contribution in [2.45, 2.75) is 18.9 Å². The Balaban J connectivity index is 1.95. The number of nitrogens with one attached hydrogen (secondary N) is 3. The Bertz CT molecular complexity index is 372. The van der Waals surface area contributed by atoms with E-state index in [9.17, 15) is 4.79 Å². The molecule has 1 aromatic rings. The third kappa shape index (κ3) is 2.57. The first-order valence-electron chi connectivity index (χ1n) is 5.10. The number of amides is 1. The first-order chi connectivity index (χ1) is 7.78. The maximum absolute atomic E-state index is 11.0. The van der Waals surface area contributed by atoms with Crippen LogP contribution in [0.5, 0.6) is 0 Å². The summed E-state index contributed by atoms with van der Waals surface area (Å²) in [6, 6.07) is 0.194. The minimum absolute atomic E-state index is 0.0986. The molecule has 0 aromatic carbocycles. The fraction of sp³-hybridized carbons (Fsp3) is 0.444. The number of hydrazine groups is 1. The molecule has 2 heterocycles. The molecule has 1 aliphatic rings. The molecule has 0 radical (unpaired) electrons. The summed E-state index contributed by atoms with van der Waals surface area (Å²) in [5.41, 5.74) is 2.43. The molecular formula is C9H14N6O. The molecule has 7 heteroatoms. The van der Waals surface area contributed by atoms with Crippen molar-refractivity contribution in [3.05, 3.63) is 12.4 Å². The molecule has 7 nitrogen and oxygen atoms in total. The summed E-state index contributed by atoms with van der Waals surface area (Å²) >= 11 is 0. The van der Waals surface area contributed by atoms with Gasteiger partial charge < -0.3 is 16.1 Å². The fourth-order valence-corrected chi connectivity index (χ4v) is 1.57. The van der Waals surface area contributed by atoms with Crippen LogP contribution in [-0.2, 0) is 4.79 Å². The Morgan fingerprint density at radius 1 is 1.44 bits per heavy atom. The lowest BCUT2D eigenvalue weighted by atomic mass is 10.1. The Kier molecular flexibility index (Phi) is 3.16. The van der Waals surface area contributed by atoms with E-state index >= 15 is 0 Å². The lowest BCUT2D eigenvalue weighted by Gasteiger charge is -2.23. The molecule has 1 amide bonds. The molecule has 2 rings (SSSR count). The van der Waals surface area contributed by atoms with Crippen molar-refractivity contribution in [3.63, 3.8) is 0 Å². The second kappa shape index (κ2) is 4.75. The van der Waals surface area contributed by atoms with Crippen molar-refractivity contribution in [3.8, 4) is 0 Å². The van der Waals surface area contributed by atoms with Crippen LogP contribution in [0.4, 0.5) is 11.6 Å². The van der Waals surface area contributed by atoms with Crippen LogP contribution in [-0.4, -0.2) is 28.5 Å². The maximum atomic E-state index is 11.0. The first-order valence-corrected chi connectivity index (χ1v) is 5.10. The highest BCUT2D eigenvalue weighted by molar-refractivity contribution is 5.76. The molecule has 1 saturated heterocycles. The number of hydrogen-bond donors (Lipinski definition) is 4. The number of nitrogens with zero attached hydrogens (tertiary/aromatic N) is 2. The van der Waals surface area contributed by atoms with Gasteiger partial charge in [0.25, 0.3) is 0 Å². The number of rotatable bonds is 3. The molecule has 16 heavy (non-hydrogen) atoms. The number of nitrogens with two attached hydrogens (primary N) is 1. The monoisotopic (exact) mass is 222 g/mol.